The highest BCUT2D eigenvalue weighted by molar-refractivity contribution is 6.31. The number of rotatable bonds is 3. The Bertz CT molecular complexity index is 479. The molecule has 1 fully saturated rings. The highest BCUT2D eigenvalue weighted by atomic mass is 35.5. The zero-order valence-electron chi connectivity index (χ0n) is 9.92. The summed E-state index contributed by atoms with van der Waals surface area (Å²) in [7, 11) is 0. The fourth-order valence-electron chi connectivity index (χ4n) is 2.63. The third-order valence-corrected chi connectivity index (χ3v) is 3.80. The molecule has 0 aliphatic heterocycles. The van der Waals surface area contributed by atoms with Gasteiger partial charge in [0.1, 0.15) is 5.82 Å². The molecular formula is C14H14ClFO2. The highest BCUT2D eigenvalue weighted by Crippen LogP contribution is 2.44. The minimum absolute atomic E-state index is 0.276. The van der Waals surface area contributed by atoms with Crippen LogP contribution in [0.2, 0.25) is 5.02 Å². The van der Waals surface area contributed by atoms with Crippen LogP contribution in [0.1, 0.15) is 31.2 Å². The van der Waals surface area contributed by atoms with Crippen LogP contribution < -0.4 is 0 Å². The Hall–Kier alpha value is -1.35. The average Bonchev–Trinajstić information content (AvgIpc) is 2.79. The molecule has 2 rings (SSSR count). The monoisotopic (exact) mass is 268 g/mol. The smallest absolute Gasteiger partial charge is 0.321 e. The maximum atomic E-state index is 13.1. The molecule has 0 saturated heterocycles. The van der Waals surface area contributed by atoms with E-state index in [-0.39, 0.29) is 11.0 Å². The number of hydrogen-bond acceptors (Lipinski definition) is 2. The quantitative estimate of drug-likeness (QED) is 0.612. The molecule has 0 heterocycles. The summed E-state index contributed by atoms with van der Waals surface area (Å²) < 4.78 is 18.0. The predicted octanol–water partition coefficient (Wildman–Crippen LogP) is 3.98. The number of carbonyl (C=O) groups is 1. The Morgan fingerprint density at radius 3 is 2.67 bits per heavy atom. The Morgan fingerprint density at radius 2 is 2.11 bits per heavy atom. The first-order valence-electron chi connectivity index (χ1n) is 5.88. The molecule has 0 radical (unpaired) electrons. The molecule has 0 N–H and O–H groups in total. The first kappa shape index (κ1) is 13.1. The third-order valence-electron chi connectivity index (χ3n) is 3.48. The van der Waals surface area contributed by atoms with Crippen molar-refractivity contribution in [1.82, 2.24) is 0 Å². The lowest BCUT2D eigenvalue weighted by molar-refractivity contribution is -0.144. The van der Waals surface area contributed by atoms with Crippen LogP contribution in [-0.4, -0.2) is 5.97 Å². The number of halogens is 2. The molecule has 1 aliphatic rings. The summed E-state index contributed by atoms with van der Waals surface area (Å²) in [4.78, 5) is 12.2. The normalized spacial score (nSPS) is 17.4. The van der Waals surface area contributed by atoms with Crippen LogP contribution in [0.25, 0.3) is 0 Å². The SMILES string of the molecule is C=COC(=O)C1(c2ccc(F)cc2Cl)CCCC1. The largest absolute Gasteiger partial charge is 0.434 e. The van der Waals surface area contributed by atoms with Crippen LogP contribution in [0.4, 0.5) is 4.39 Å². The van der Waals surface area contributed by atoms with E-state index in [1.165, 1.54) is 12.1 Å². The number of ether oxygens (including phenoxy) is 1. The second-order valence-electron chi connectivity index (χ2n) is 4.49. The van der Waals surface area contributed by atoms with Gasteiger partial charge in [0, 0.05) is 5.02 Å². The van der Waals surface area contributed by atoms with Gasteiger partial charge in [0.25, 0.3) is 0 Å². The van der Waals surface area contributed by atoms with Crippen molar-refractivity contribution >= 4 is 17.6 Å². The van der Waals surface area contributed by atoms with E-state index in [1.54, 1.807) is 6.07 Å². The Balaban J connectivity index is 2.47. The third kappa shape index (κ3) is 2.15. The number of carbonyl (C=O) groups excluding carboxylic acids is 1. The molecule has 18 heavy (non-hydrogen) atoms. The van der Waals surface area contributed by atoms with E-state index >= 15 is 0 Å². The molecule has 96 valence electrons. The Labute approximate surface area is 110 Å². The summed E-state index contributed by atoms with van der Waals surface area (Å²) in [6, 6.07) is 4.13. The maximum absolute atomic E-state index is 13.1. The van der Waals surface area contributed by atoms with E-state index in [0.29, 0.717) is 18.4 Å². The number of benzene rings is 1. The van der Waals surface area contributed by atoms with E-state index in [4.69, 9.17) is 16.3 Å². The summed E-state index contributed by atoms with van der Waals surface area (Å²) >= 11 is 6.07. The fraction of sp³-hybridized carbons (Fsp3) is 0.357. The summed E-state index contributed by atoms with van der Waals surface area (Å²) in [5.74, 6) is -0.766. The zero-order chi connectivity index (χ0) is 13.2. The van der Waals surface area contributed by atoms with Crippen LogP contribution in [0.5, 0.6) is 0 Å². The van der Waals surface area contributed by atoms with Gasteiger partial charge in [0.15, 0.2) is 0 Å². The molecular weight excluding hydrogens is 255 g/mol. The van der Waals surface area contributed by atoms with Crippen LogP contribution in [0.3, 0.4) is 0 Å². The van der Waals surface area contributed by atoms with Gasteiger partial charge >= 0.3 is 5.97 Å². The van der Waals surface area contributed by atoms with E-state index in [1.807, 2.05) is 0 Å². The van der Waals surface area contributed by atoms with E-state index in [0.717, 1.165) is 19.1 Å². The second kappa shape index (κ2) is 5.11. The topological polar surface area (TPSA) is 26.3 Å². The van der Waals surface area contributed by atoms with Crippen LogP contribution >= 0.6 is 11.6 Å². The predicted molar refractivity (Wildman–Crippen MR) is 67.8 cm³/mol. The van der Waals surface area contributed by atoms with Crippen LogP contribution in [-0.2, 0) is 14.9 Å². The molecule has 0 spiro atoms. The molecule has 0 atom stereocenters. The second-order valence-corrected chi connectivity index (χ2v) is 4.89. The first-order valence-corrected chi connectivity index (χ1v) is 6.25. The lowest BCUT2D eigenvalue weighted by Crippen LogP contribution is -2.34. The summed E-state index contributed by atoms with van der Waals surface area (Å²) in [6.45, 7) is 3.40. The van der Waals surface area contributed by atoms with Gasteiger partial charge in [-0.1, -0.05) is 37.1 Å². The molecule has 1 aromatic rings. The van der Waals surface area contributed by atoms with E-state index < -0.39 is 11.2 Å². The van der Waals surface area contributed by atoms with E-state index in [9.17, 15) is 9.18 Å². The van der Waals surface area contributed by atoms with Crippen molar-refractivity contribution < 1.29 is 13.9 Å². The molecule has 2 nitrogen and oxygen atoms in total. The fourth-order valence-corrected chi connectivity index (χ4v) is 2.98. The molecule has 0 amide bonds. The molecule has 0 unspecified atom stereocenters. The molecule has 0 bridgehead atoms. The van der Waals surface area contributed by atoms with Gasteiger partial charge < -0.3 is 4.74 Å². The standard InChI is InChI=1S/C14H14ClFO2/c1-2-18-13(17)14(7-3-4-8-14)11-6-5-10(16)9-12(11)15/h2,5-6,9H,1,3-4,7-8H2. The highest BCUT2D eigenvalue weighted by Gasteiger charge is 2.45. The van der Waals surface area contributed by atoms with Gasteiger partial charge in [-0.25, -0.2) is 4.39 Å². The van der Waals surface area contributed by atoms with Crippen molar-refractivity contribution in [2.75, 3.05) is 0 Å². The van der Waals surface area contributed by atoms with Gasteiger partial charge in [-0.15, -0.1) is 0 Å². The van der Waals surface area contributed by atoms with Gasteiger partial charge in [0.05, 0.1) is 11.7 Å². The van der Waals surface area contributed by atoms with Crippen molar-refractivity contribution in [3.05, 3.63) is 47.4 Å². The molecule has 1 aromatic carbocycles. The maximum Gasteiger partial charge on any atom is 0.321 e. The molecule has 1 aliphatic carbocycles. The minimum Gasteiger partial charge on any atom is -0.434 e. The summed E-state index contributed by atoms with van der Waals surface area (Å²) in [5.41, 5.74) is -0.103. The summed E-state index contributed by atoms with van der Waals surface area (Å²) in [6.07, 6.45) is 4.33. The lowest BCUT2D eigenvalue weighted by Gasteiger charge is -2.27. The van der Waals surface area contributed by atoms with Crippen molar-refractivity contribution in [3.8, 4) is 0 Å². The summed E-state index contributed by atoms with van der Waals surface area (Å²) in [5, 5.41) is 0.276. The number of hydrogen-bond donors (Lipinski definition) is 0. The van der Waals surface area contributed by atoms with Gasteiger partial charge in [-0.05, 0) is 30.5 Å². The van der Waals surface area contributed by atoms with Crippen molar-refractivity contribution in [2.45, 2.75) is 31.1 Å². The Kier molecular flexibility index (Phi) is 3.71. The molecule has 4 heteroatoms. The van der Waals surface area contributed by atoms with Crippen LogP contribution in [0, 0.1) is 5.82 Å². The average molecular weight is 269 g/mol. The van der Waals surface area contributed by atoms with E-state index in [2.05, 4.69) is 6.58 Å². The first-order chi connectivity index (χ1) is 8.60. The minimum atomic E-state index is -0.751. The number of esters is 1. The van der Waals surface area contributed by atoms with Gasteiger partial charge in [-0.2, -0.15) is 0 Å². The van der Waals surface area contributed by atoms with Crippen molar-refractivity contribution in [2.24, 2.45) is 0 Å². The Morgan fingerprint density at radius 1 is 1.44 bits per heavy atom. The molecule has 1 saturated carbocycles. The van der Waals surface area contributed by atoms with Crippen molar-refractivity contribution in [3.63, 3.8) is 0 Å². The lowest BCUT2D eigenvalue weighted by atomic mass is 9.79. The molecule has 0 aromatic heterocycles. The van der Waals surface area contributed by atoms with Crippen molar-refractivity contribution in [1.29, 1.82) is 0 Å². The zero-order valence-corrected chi connectivity index (χ0v) is 10.7. The van der Waals surface area contributed by atoms with Gasteiger partial charge in [-0.3, -0.25) is 4.79 Å². The van der Waals surface area contributed by atoms with Gasteiger partial charge in [0.2, 0.25) is 0 Å². The van der Waals surface area contributed by atoms with Crippen LogP contribution in [0.15, 0.2) is 31.0 Å².